The second-order valence-electron chi connectivity index (χ2n) is 3.59. The van der Waals surface area contributed by atoms with Crippen LogP contribution in [0.5, 0.6) is 0 Å². The zero-order valence-electron chi connectivity index (χ0n) is 9.25. The highest BCUT2D eigenvalue weighted by Crippen LogP contribution is 2.25. The first-order valence-electron chi connectivity index (χ1n) is 4.98. The molecule has 0 fully saturated rings. The highest BCUT2D eigenvalue weighted by molar-refractivity contribution is 5.63. The monoisotopic (exact) mass is 236 g/mol. The molecule has 0 bridgehead atoms. The van der Waals surface area contributed by atoms with Gasteiger partial charge in [-0.3, -0.25) is 10.1 Å². The zero-order chi connectivity index (χ0) is 12.8. The number of rotatable bonds is 5. The summed E-state index contributed by atoms with van der Waals surface area (Å²) in [5.74, 6) is -0.00324. The van der Waals surface area contributed by atoms with Gasteiger partial charge in [0.2, 0.25) is 5.82 Å². The van der Waals surface area contributed by atoms with Gasteiger partial charge < -0.3 is 10.4 Å². The number of pyridine rings is 1. The van der Waals surface area contributed by atoms with Crippen LogP contribution in [0.15, 0.2) is 12.3 Å². The van der Waals surface area contributed by atoms with E-state index in [0.717, 1.165) is 0 Å². The van der Waals surface area contributed by atoms with E-state index in [9.17, 15) is 10.1 Å². The topological polar surface area (TPSA) is 112 Å². The molecule has 7 heteroatoms. The number of aromatic nitrogens is 1. The van der Waals surface area contributed by atoms with Crippen LogP contribution in [0.1, 0.15) is 12.5 Å². The number of nitrogens with zero attached hydrogens (tertiary/aromatic N) is 3. The summed E-state index contributed by atoms with van der Waals surface area (Å²) < 4.78 is 0. The lowest BCUT2D eigenvalue weighted by atomic mass is 10.2. The minimum Gasteiger partial charge on any atom is -0.396 e. The van der Waals surface area contributed by atoms with Crippen molar-refractivity contribution in [2.75, 3.05) is 18.5 Å². The van der Waals surface area contributed by atoms with Crippen molar-refractivity contribution in [3.8, 4) is 6.07 Å². The molecule has 0 saturated carbocycles. The summed E-state index contributed by atoms with van der Waals surface area (Å²) in [7, 11) is 0. The summed E-state index contributed by atoms with van der Waals surface area (Å²) in [5.41, 5.74) is -0.371. The fourth-order valence-electron chi connectivity index (χ4n) is 1.19. The zero-order valence-corrected chi connectivity index (χ0v) is 9.25. The van der Waals surface area contributed by atoms with Crippen LogP contribution >= 0.6 is 0 Å². The van der Waals surface area contributed by atoms with E-state index in [1.807, 2.05) is 0 Å². The van der Waals surface area contributed by atoms with Gasteiger partial charge in [-0.15, -0.1) is 0 Å². The molecule has 0 amide bonds. The van der Waals surface area contributed by atoms with Crippen molar-refractivity contribution in [2.24, 2.45) is 5.92 Å². The van der Waals surface area contributed by atoms with Gasteiger partial charge in [-0.05, 0) is 12.0 Å². The van der Waals surface area contributed by atoms with Crippen LogP contribution in [-0.2, 0) is 0 Å². The van der Waals surface area contributed by atoms with Crippen molar-refractivity contribution in [1.29, 1.82) is 5.26 Å². The molecule has 1 aromatic rings. The molecule has 1 heterocycles. The quantitative estimate of drug-likeness (QED) is 0.580. The molecule has 0 spiro atoms. The summed E-state index contributed by atoms with van der Waals surface area (Å²) in [6.45, 7) is 2.10. The first kappa shape index (κ1) is 12.9. The normalized spacial score (nSPS) is 11.6. The third-order valence-corrected chi connectivity index (χ3v) is 2.16. The molecular weight excluding hydrogens is 224 g/mol. The molecule has 0 aliphatic heterocycles. The lowest BCUT2D eigenvalue weighted by molar-refractivity contribution is -0.384. The Bertz CT molecular complexity index is 455. The molecule has 0 aliphatic carbocycles. The minimum atomic E-state index is -0.641. The van der Waals surface area contributed by atoms with Gasteiger partial charge in [0.1, 0.15) is 11.6 Å². The van der Waals surface area contributed by atoms with Gasteiger partial charge in [0.05, 0.1) is 4.92 Å². The van der Waals surface area contributed by atoms with Gasteiger partial charge in [-0.2, -0.15) is 5.26 Å². The fraction of sp³-hybridized carbons (Fsp3) is 0.400. The van der Waals surface area contributed by atoms with E-state index in [0.29, 0.717) is 6.54 Å². The second kappa shape index (κ2) is 5.77. The van der Waals surface area contributed by atoms with Crippen LogP contribution in [0.2, 0.25) is 0 Å². The van der Waals surface area contributed by atoms with Crippen molar-refractivity contribution >= 4 is 11.5 Å². The van der Waals surface area contributed by atoms with Gasteiger partial charge in [0.15, 0.2) is 0 Å². The molecule has 17 heavy (non-hydrogen) atoms. The van der Waals surface area contributed by atoms with E-state index in [-0.39, 0.29) is 29.6 Å². The first-order valence-corrected chi connectivity index (χ1v) is 4.98. The maximum absolute atomic E-state index is 10.8. The molecular formula is C10H12N4O3. The number of nitro groups is 1. The standard InChI is InChI=1S/C10H12N4O3/c1-7(6-15)5-13-10-9(14(16)17)8(4-11)2-3-12-10/h2-3,7,15H,5-6H2,1H3,(H,12,13). The Morgan fingerprint density at radius 1 is 1.76 bits per heavy atom. The van der Waals surface area contributed by atoms with Gasteiger partial charge >= 0.3 is 5.69 Å². The van der Waals surface area contributed by atoms with Crippen molar-refractivity contribution in [3.63, 3.8) is 0 Å². The summed E-state index contributed by atoms with van der Waals surface area (Å²) in [6, 6.07) is 3.04. The SMILES string of the molecule is CC(CO)CNc1nccc(C#N)c1[N+](=O)[O-]. The molecule has 0 saturated heterocycles. The Balaban J connectivity index is 2.99. The molecule has 90 valence electrons. The van der Waals surface area contributed by atoms with Gasteiger partial charge in [0, 0.05) is 19.3 Å². The van der Waals surface area contributed by atoms with Crippen molar-refractivity contribution in [2.45, 2.75) is 6.92 Å². The Labute approximate surface area is 97.9 Å². The van der Waals surface area contributed by atoms with Crippen molar-refractivity contribution in [3.05, 3.63) is 27.9 Å². The molecule has 1 aromatic heterocycles. The molecule has 7 nitrogen and oxygen atoms in total. The number of aliphatic hydroxyl groups is 1. The van der Waals surface area contributed by atoms with Crippen LogP contribution in [0, 0.1) is 27.4 Å². The number of aliphatic hydroxyl groups excluding tert-OH is 1. The van der Waals surface area contributed by atoms with Crippen molar-refractivity contribution < 1.29 is 10.0 Å². The summed E-state index contributed by atoms with van der Waals surface area (Å²) >= 11 is 0. The largest absolute Gasteiger partial charge is 0.396 e. The van der Waals surface area contributed by atoms with E-state index in [4.69, 9.17) is 10.4 Å². The van der Waals surface area contributed by atoms with Gasteiger partial charge in [0.25, 0.3) is 0 Å². The molecule has 1 unspecified atom stereocenters. The van der Waals surface area contributed by atoms with Gasteiger partial charge in [-0.1, -0.05) is 6.92 Å². The molecule has 0 aliphatic rings. The van der Waals surface area contributed by atoms with Crippen LogP contribution < -0.4 is 5.32 Å². The number of nitriles is 1. The van der Waals surface area contributed by atoms with E-state index < -0.39 is 4.92 Å². The van der Waals surface area contributed by atoms with Crippen LogP contribution in [0.25, 0.3) is 0 Å². The average Bonchev–Trinajstić information content (AvgIpc) is 2.34. The summed E-state index contributed by atoms with van der Waals surface area (Å²) in [6.07, 6.45) is 1.33. The maximum atomic E-state index is 10.8. The Morgan fingerprint density at radius 2 is 2.47 bits per heavy atom. The van der Waals surface area contributed by atoms with Crippen LogP contribution in [0.4, 0.5) is 11.5 Å². The first-order chi connectivity index (χ1) is 8.10. The molecule has 1 atom stereocenters. The van der Waals surface area contributed by atoms with Crippen LogP contribution in [0.3, 0.4) is 0 Å². The molecule has 0 aromatic carbocycles. The number of anilines is 1. The van der Waals surface area contributed by atoms with Crippen molar-refractivity contribution in [1.82, 2.24) is 4.98 Å². The Hall–Kier alpha value is -2.20. The van der Waals surface area contributed by atoms with Crippen LogP contribution in [-0.4, -0.2) is 28.2 Å². The minimum absolute atomic E-state index is 0.0290. The highest BCUT2D eigenvalue weighted by Gasteiger charge is 2.21. The second-order valence-corrected chi connectivity index (χ2v) is 3.59. The molecule has 0 radical (unpaired) electrons. The lowest BCUT2D eigenvalue weighted by Gasteiger charge is -2.10. The van der Waals surface area contributed by atoms with Gasteiger partial charge in [-0.25, -0.2) is 4.98 Å². The highest BCUT2D eigenvalue weighted by atomic mass is 16.6. The maximum Gasteiger partial charge on any atom is 0.328 e. The number of hydrogen-bond acceptors (Lipinski definition) is 6. The van der Waals surface area contributed by atoms with E-state index >= 15 is 0 Å². The fourth-order valence-corrected chi connectivity index (χ4v) is 1.19. The summed E-state index contributed by atoms with van der Waals surface area (Å²) in [4.78, 5) is 14.0. The third kappa shape index (κ3) is 3.12. The average molecular weight is 236 g/mol. The number of hydrogen-bond donors (Lipinski definition) is 2. The smallest absolute Gasteiger partial charge is 0.328 e. The Morgan fingerprint density at radius 3 is 3.00 bits per heavy atom. The van der Waals surface area contributed by atoms with E-state index in [1.54, 1.807) is 13.0 Å². The molecule has 1 rings (SSSR count). The summed E-state index contributed by atoms with van der Waals surface area (Å²) in [5, 5.41) is 31.2. The lowest BCUT2D eigenvalue weighted by Crippen LogP contribution is -2.16. The van der Waals surface area contributed by atoms with E-state index in [2.05, 4.69) is 10.3 Å². The number of nitrogens with one attached hydrogen (secondary N) is 1. The predicted octanol–water partition coefficient (Wildman–Crippen LogP) is 0.902. The predicted molar refractivity (Wildman–Crippen MR) is 60.3 cm³/mol. The van der Waals surface area contributed by atoms with E-state index in [1.165, 1.54) is 12.3 Å². The molecule has 2 N–H and O–H groups in total. The third-order valence-electron chi connectivity index (χ3n) is 2.16. The Kier molecular flexibility index (Phi) is 4.37.